The highest BCUT2D eigenvalue weighted by Gasteiger charge is 2.26. The molecule has 4 nitrogen and oxygen atoms in total. The van der Waals surface area contributed by atoms with Gasteiger partial charge in [0.05, 0.1) is 6.54 Å². The number of hydrogen-bond acceptors (Lipinski definition) is 2. The van der Waals surface area contributed by atoms with Crippen LogP contribution < -0.4 is 10.9 Å². The highest BCUT2D eigenvalue weighted by molar-refractivity contribution is 5.12. The van der Waals surface area contributed by atoms with Gasteiger partial charge in [0.1, 0.15) is 0 Å². The van der Waals surface area contributed by atoms with Crippen molar-refractivity contribution in [3.63, 3.8) is 0 Å². The molecule has 0 aromatic carbocycles. The summed E-state index contributed by atoms with van der Waals surface area (Å²) < 4.78 is 1.76. The van der Waals surface area contributed by atoms with Gasteiger partial charge >= 0.3 is 0 Å². The number of aromatic amines is 1. The normalized spacial score (nSPS) is 26.0. The first-order chi connectivity index (χ1) is 7.33. The monoisotopic (exact) mass is 207 g/mol. The third-order valence-electron chi connectivity index (χ3n) is 3.39. The molecule has 2 heterocycles. The average molecular weight is 207 g/mol. The molecule has 2 N–H and O–H groups in total. The third kappa shape index (κ3) is 1.86. The van der Waals surface area contributed by atoms with Gasteiger partial charge in [-0.25, -0.2) is 0 Å². The number of H-pyrrole nitrogens is 1. The smallest absolute Gasteiger partial charge is 0.266 e. The largest absolute Gasteiger partial charge is 0.312 e. The van der Waals surface area contributed by atoms with Gasteiger partial charge in [0.25, 0.3) is 5.56 Å². The molecule has 0 unspecified atom stereocenters. The van der Waals surface area contributed by atoms with E-state index < -0.39 is 0 Å². The quantitative estimate of drug-likeness (QED) is 0.770. The van der Waals surface area contributed by atoms with Crippen LogP contribution in [0.2, 0.25) is 0 Å². The summed E-state index contributed by atoms with van der Waals surface area (Å²) in [6.45, 7) is 1.89. The molecule has 3 rings (SSSR count). The molecule has 1 aliphatic carbocycles. The summed E-state index contributed by atoms with van der Waals surface area (Å²) in [5.74, 6) is 0.635. The van der Waals surface area contributed by atoms with Crippen LogP contribution in [0.25, 0.3) is 0 Å². The highest BCUT2D eigenvalue weighted by atomic mass is 16.1. The lowest BCUT2D eigenvalue weighted by Gasteiger charge is -2.09. The fourth-order valence-corrected chi connectivity index (χ4v) is 2.33. The van der Waals surface area contributed by atoms with Gasteiger partial charge in [-0.05, 0) is 32.2 Å². The zero-order valence-corrected chi connectivity index (χ0v) is 8.83. The Hall–Kier alpha value is -1.03. The molecule has 15 heavy (non-hydrogen) atoms. The molecule has 0 bridgehead atoms. The van der Waals surface area contributed by atoms with Gasteiger partial charge in [0, 0.05) is 23.7 Å². The van der Waals surface area contributed by atoms with Crippen molar-refractivity contribution in [2.45, 2.75) is 44.2 Å². The van der Waals surface area contributed by atoms with E-state index in [1.165, 1.54) is 25.7 Å². The lowest BCUT2D eigenvalue weighted by molar-refractivity contribution is 0.465. The molecular formula is C11H17N3O. The predicted molar refractivity (Wildman–Crippen MR) is 58.1 cm³/mol. The third-order valence-corrected chi connectivity index (χ3v) is 3.39. The van der Waals surface area contributed by atoms with Crippen LogP contribution in [0.3, 0.4) is 0 Å². The Kier molecular flexibility index (Phi) is 2.16. The van der Waals surface area contributed by atoms with Crippen molar-refractivity contribution in [1.29, 1.82) is 0 Å². The molecular weight excluding hydrogens is 190 g/mol. The Balaban J connectivity index is 1.75. The summed E-state index contributed by atoms with van der Waals surface area (Å²) in [6, 6.07) is 2.25. The number of rotatable bonds is 3. The second-order valence-electron chi connectivity index (χ2n) is 4.73. The fourth-order valence-electron chi connectivity index (χ4n) is 2.33. The molecule has 2 fully saturated rings. The summed E-state index contributed by atoms with van der Waals surface area (Å²) in [7, 11) is 0. The first-order valence-electron chi connectivity index (χ1n) is 5.86. The Bertz CT molecular complexity index is 396. The molecule has 0 spiro atoms. The molecule has 2 aliphatic rings. The van der Waals surface area contributed by atoms with Crippen molar-refractivity contribution in [1.82, 2.24) is 15.1 Å². The first-order valence-corrected chi connectivity index (χ1v) is 5.86. The maximum absolute atomic E-state index is 11.7. The van der Waals surface area contributed by atoms with E-state index in [4.69, 9.17) is 0 Å². The van der Waals surface area contributed by atoms with Crippen molar-refractivity contribution in [2.24, 2.45) is 0 Å². The highest BCUT2D eigenvalue weighted by Crippen LogP contribution is 2.38. The topological polar surface area (TPSA) is 49.8 Å². The molecule has 1 aliphatic heterocycles. The Morgan fingerprint density at radius 2 is 2.27 bits per heavy atom. The van der Waals surface area contributed by atoms with Gasteiger partial charge in [-0.2, -0.15) is 0 Å². The van der Waals surface area contributed by atoms with Crippen molar-refractivity contribution in [2.75, 3.05) is 6.54 Å². The Labute approximate surface area is 88.7 Å². The molecule has 4 heteroatoms. The second kappa shape index (κ2) is 3.52. The Morgan fingerprint density at radius 1 is 1.40 bits per heavy atom. The fraction of sp³-hybridized carbons (Fsp3) is 0.727. The lowest BCUT2D eigenvalue weighted by atomic mass is 10.2. The van der Waals surface area contributed by atoms with Crippen LogP contribution in [0.1, 0.15) is 37.3 Å². The summed E-state index contributed by atoms with van der Waals surface area (Å²) >= 11 is 0. The van der Waals surface area contributed by atoms with Gasteiger partial charge < -0.3 is 5.32 Å². The standard InChI is InChI=1S/C11H17N3O/c15-11-6-10(8-3-4-8)13-14(11)7-9-2-1-5-12-9/h6,8-9,12-13H,1-5,7H2/t9-/m1/s1. The van der Waals surface area contributed by atoms with E-state index in [2.05, 4.69) is 10.4 Å². The number of aromatic nitrogens is 2. The molecule has 82 valence electrons. The lowest BCUT2D eigenvalue weighted by Crippen LogP contribution is -2.31. The van der Waals surface area contributed by atoms with Gasteiger partial charge in [0.15, 0.2) is 0 Å². The molecule has 1 aromatic heterocycles. The van der Waals surface area contributed by atoms with Crippen LogP contribution in [0.4, 0.5) is 0 Å². The first kappa shape index (κ1) is 9.21. The SMILES string of the molecule is O=c1cc(C2CC2)[nH]n1C[C@H]1CCCN1. The zero-order valence-electron chi connectivity index (χ0n) is 8.83. The van der Waals surface area contributed by atoms with E-state index in [0.29, 0.717) is 12.0 Å². The van der Waals surface area contributed by atoms with E-state index >= 15 is 0 Å². The summed E-state index contributed by atoms with van der Waals surface area (Å²) in [4.78, 5) is 11.7. The van der Waals surface area contributed by atoms with Crippen LogP contribution in [0, 0.1) is 0 Å². The summed E-state index contributed by atoms with van der Waals surface area (Å²) in [5, 5.41) is 6.64. The van der Waals surface area contributed by atoms with Crippen molar-refractivity contribution in [3.8, 4) is 0 Å². The van der Waals surface area contributed by atoms with Crippen molar-refractivity contribution < 1.29 is 0 Å². The molecule has 1 aromatic rings. The summed E-state index contributed by atoms with van der Waals surface area (Å²) in [6.07, 6.45) is 4.89. The maximum atomic E-state index is 11.7. The van der Waals surface area contributed by atoms with Crippen molar-refractivity contribution >= 4 is 0 Å². The molecule has 0 radical (unpaired) electrons. The zero-order chi connectivity index (χ0) is 10.3. The predicted octanol–water partition coefficient (Wildman–Crippen LogP) is 0.806. The minimum Gasteiger partial charge on any atom is -0.312 e. The maximum Gasteiger partial charge on any atom is 0.266 e. The average Bonchev–Trinajstić information content (AvgIpc) is 2.84. The van der Waals surface area contributed by atoms with Crippen LogP contribution in [0.5, 0.6) is 0 Å². The van der Waals surface area contributed by atoms with Gasteiger partial charge in [-0.15, -0.1) is 0 Å². The van der Waals surface area contributed by atoms with Crippen LogP contribution in [-0.4, -0.2) is 22.4 Å². The van der Waals surface area contributed by atoms with Crippen LogP contribution >= 0.6 is 0 Å². The van der Waals surface area contributed by atoms with E-state index in [1.54, 1.807) is 10.7 Å². The van der Waals surface area contributed by atoms with E-state index in [0.717, 1.165) is 18.8 Å². The van der Waals surface area contributed by atoms with E-state index in [9.17, 15) is 4.79 Å². The van der Waals surface area contributed by atoms with Crippen molar-refractivity contribution in [3.05, 3.63) is 22.1 Å². The van der Waals surface area contributed by atoms with E-state index in [1.807, 2.05) is 0 Å². The molecule has 1 saturated heterocycles. The number of nitrogens with zero attached hydrogens (tertiary/aromatic N) is 1. The van der Waals surface area contributed by atoms with Gasteiger partial charge in [-0.3, -0.25) is 14.6 Å². The molecule has 1 atom stereocenters. The summed E-state index contributed by atoms with van der Waals surface area (Å²) in [5.41, 5.74) is 1.27. The second-order valence-corrected chi connectivity index (χ2v) is 4.73. The van der Waals surface area contributed by atoms with Crippen LogP contribution in [0.15, 0.2) is 10.9 Å². The number of nitrogens with one attached hydrogen (secondary N) is 2. The Morgan fingerprint density at radius 3 is 2.93 bits per heavy atom. The molecule has 1 saturated carbocycles. The number of hydrogen-bond donors (Lipinski definition) is 2. The van der Waals surface area contributed by atoms with E-state index in [-0.39, 0.29) is 5.56 Å². The van der Waals surface area contributed by atoms with Gasteiger partial charge in [0.2, 0.25) is 0 Å². The van der Waals surface area contributed by atoms with Gasteiger partial charge in [-0.1, -0.05) is 0 Å². The molecule has 0 amide bonds. The minimum atomic E-state index is 0.130. The minimum absolute atomic E-state index is 0.130. The van der Waals surface area contributed by atoms with Crippen LogP contribution in [-0.2, 0) is 6.54 Å².